The molecule has 0 atom stereocenters. The molecule has 2 heterocycles. The number of aryl methyl sites for hydroxylation is 2. The molecule has 0 fully saturated rings. The Labute approximate surface area is 120 Å². The summed E-state index contributed by atoms with van der Waals surface area (Å²) in [6, 6.07) is 7.86. The highest BCUT2D eigenvalue weighted by Crippen LogP contribution is 2.24. The van der Waals surface area contributed by atoms with Crippen molar-refractivity contribution in [3.8, 4) is 0 Å². The molecule has 2 aromatic heterocycles. The first-order valence-corrected chi connectivity index (χ1v) is 7.42. The molecular formula is C14H14N4OS. The Morgan fingerprint density at radius 1 is 1.10 bits per heavy atom. The lowest BCUT2D eigenvalue weighted by Crippen LogP contribution is -1.93. The standard InChI is InChI=1S/C14H14N4OS/c1-3-12-17-13(19-18-12)8-20-14-9(2)15-10-6-4-5-7-11(10)16-14/h4-7H,3,8H2,1-2H3. The lowest BCUT2D eigenvalue weighted by atomic mass is 10.3. The molecule has 3 aromatic rings. The monoisotopic (exact) mass is 286 g/mol. The minimum atomic E-state index is 0.612. The predicted octanol–water partition coefficient (Wildman–Crippen LogP) is 3.18. The number of thioether (sulfide) groups is 1. The van der Waals surface area contributed by atoms with Crippen LogP contribution in [-0.2, 0) is 12.2 Å². The molecule has 0 aliphatic carbocycles. The summed E-state index contributed by atoms with van der Waals surface area (Å²) in [4.78, 5) is 13.5. The van der Waals surface area contributed by atoms with Gasteiger partial charge in [-0.25, -0.2) is 9.97 Å². The molecular weight excluding hydrogens is 272 g/mol. The second kappa shape index (κ2) is 5.58. The zero-order chi connectivity index (χ0) is 13.9. The largest absolute Gasteiger partial charge is 0.338 e. The quantitative estimate of drug-likeness (QED) is 0.686. The van der Waals surface area contributed by atoms with Gasteiger partial charge in [-0.1, -0.05) is 36.0 Å². The van der Waals surface area contributed by atoms with Gasteiger partial charge >= 0.3 is 0 Å². The van der Waals surface area contributed by atoms with Crippen molar-refractivity contribution in [3.63, 3.8) is 0 Å². The number of hydrogen-bond donors (Lipinski definition) is 0. The number of aromatic nitrogens is 4. The molecule has 0 N–H and O–H groups in total. The minimum Gasteiger partial charge on any atom is -0.338 e. The van der Waals surface area contributed by atoms with Gasteiger partial charge < -0.3 is 4.52 Å². The van der Waals surface area contributed by atoms with Gasteiger partial charge in [-0.05, 0) is 19.1 Å². The van der Waals surface area contributed by atoms with Gasteiger partial charge in [0.05, 0.1) is 22.5 Å². The Morgan fingerprint density at radius 2 is 1.85 bits per heavy atom. The van der Waals surface area contributed by atoms with Gasteiger partial charge in [0.15, 0.2) is 5.82 Å². The number of para-hydroxylation sites is 2. The highest BCUT2D eigenvalue weighted by Gasteiger charge is 2.09. The molecule has 0 bridgehead atoms. The summed E-state index contributed by atoms with van der Waals surface area (Å²) in [7, 11) is 0. The Hall–Kier alpha value is -1.95. The average Bonchev–Trinajstić information content (AvgIpc) is 2.93. The van der Waals surface area contributed by atoms with E-state index in [9.17, 15) is 0 Å². The van der Waals surface area contributed by atoms with E-state index in [0.717, 1.165) is 34.0 Å². The Bertz CT molecular complexity index is 741. The molecule has 3 rings (SSSR count). The second-order valence-corrected chi connectivity index (χ2v) is 5.31. The lowest BCUT2D eigenvalue weighted by Gasteiger charge is -2.04. The maximum absolute atomic E-state index is 5.17. The van der Waals surface area contributed by atoms with Gasteiger partial charge in [0.2, 0.25) is 5.89 Å². The van der Waals surface area contributed by atoms with Crippen LogP contribution in [0.1, 0.15) is 24.3 Å². The molecule has 0 aliphatic rings. The minimum absolute atomic E-state index is 0.612. The third kappa shape index (κ3) is 2.65. The summed E-state index contributed by atoms with van der Waals surface area (Å²) in [5, 5.41) is 4.79. The molecule has 6 heteroatoms. The van der Waals surface area contributed by atoms with Crippen LogP contribution < -0.4 is 0 Å². The lowest BCUT2D eigenvalue weighted by molar-refractivity contribution is 0.385. The molecule has 20 heavy (non-hydrogen) atoms. The van der Waals surface area contributed by atoms with Crippen LogP contribution in [-0.4, -0.2) is 20.1 Å². The normalized spacial score (nSPS) is 11.1. The van der Waals surface area contributed by atoms with Crippen molar-refractivity contribution in [2.75, 3.05) is 0 Å². The summed E-state index contributed by atoms with van der Waals surface area (Å²) in [5.41, 5.74) is 2.74. The molecule has 1 aromatic carbocycles. The number of hydrogen-bond acceptors (Lipinski definition) is 6. The van der Waals surface area contributed by atoms with Crippen molar-refractivity contribution in [1.82, 2.24) is 20.1 Å². The van der Waals surface area contributed by atoms with E-state index in [2.05, 4.69) is 20.1 Å². The van der Waals surface area contributed by atoms with Crippen LogP contribution in [0.2, 0.25) is 0 Å². The summed E-state index contributed by atoms with van der Waals surface area (Å²) in [5.74, 6) is 1.98. The maximum atomic E-state index is 5.17. The summed E-state index contributed by atoms with van der Waals surface area (Å²) in [6.45, 7) is 3.97. The van der Waals surface area contributed by atoms with Crippen molar-refractivity contribution in [3.05, 3.63) is 41.7 Å². The van der Waals surface area contributed by atoms with Crippen molar-refractivity contribution in [2.45, 2.75) is 31.0 Å². The molecule has 5 nitrogen and oxygen atoms in total. The SMILES string of the molecule is CCc1noc(CSc2nc3ccccc3nc2C)n1. The van der Waals surface area contributed by atoms with E-state index in [-0.39, 0.29) is 0 Å². The van der Waals surface area contributed by atoms with E-state index < -0.39 is 0 Å². The van der Waals surface area contributed by atoms with Gasteiger partial charge in [0, 0.05) is 6.42 Å². The summed E-state index contributed by atoms with van der Waals surface area (Å²) < 4.78 is 5.17. The van der Waals surface area contributed by atoms with Crippen LogP contribution in [0, 0.1) is 6.92 Å². The first kappa shape index (κ1) is 13.1. The first-order chi connectivity index (χ1) is 9.76. The van der Waals surface area contributed by atoms with Crippen LogP contribution in [0.3, 0.4) is 0 Å². The fraction of sp³-hybridized carbons (Fsp3) is 0.286. The molecule has 0 amide bonds. The first-order valence-electron chi connectivity index (χ1n) is 6.44. The van der Waals surface area contributed by atoms with Gasteiger partial charge in [-0.15, -0.1) is 0 Å². The third-order valence-electron chi connectivity index (χ3n) is 2.86. The van der Waals surface area contributed by atoms with Crippen molar-refractivity contribution < 1.29 is 4.52 Å². The topological polar surface area (TPSA) is 64.7 Å². The van der Waals surface area contributed by atoms with E-state index in [1.165, 1.54) is 0 Å². The van der Waals surface area contributed by atoms with Gasteiger partial charge in [-0.3, -0.25) is 0 Å². The molecule has 0 saturated heterocycles. The van der Waals surface area contributed by atoms with Crippen molar-refractivity contribution in [2.24, 2.45) is 0 Å². The molecule has 0 saturated carbocycles. The molecule has 0 unspecified atom stereocenters. The Balaban J connectivity index is 1.81. The van der Waals surface area contributed by atoms with Gasteiger partial charge in [0.1, 0.15) is 5.03 Å². The number of benzene rings is 1. The summed E-state index contributed by atoms with van der Waals surface area (Å²) in [6.07, 6.45) is 0.781. The van der Waals surface area contributed by atoms with Crippen LogP contribution in [0.15, 0.2) is 33.8 Å². The van der Waals surface area contributed by atoms with E-state index in [1.54, 1.807) is 11.8 Å². The molecule has 102 valence electrons. The highest BCUT2D eigenvalue weighted by molar-refractivity contribution is 7.98. The average molecular weight is 286 g/mol. The highest BCUT2D eigenvalue weighted by atomic mass is 32.2. The van der Waals surface area contributed by atoms with Crippen molar-refractivity contribution in [1.29, 1.82) is 0 Å². The van der Waals surface area contributed by atoms with Crippen LogP contribution in [0.4, 0.5) is 0 Å². The number of nitrogens with zero attached hydrogens (tertiary/aromatic N) is 4. The summed E-state index contributed by atoms with van der Waals surface area (Å²) >= 11 is 1.57. The second-order valence-electron chi connectivity index (χ2n) is 4.35. The van der Waals surface area contributed by atoms with Crippen molar-refractivity contribution >= 4 is 22.8 Å². The van der Waals surface area contributed by atoms with Crippen LogP contribution in [0.5, 0.6) is 0 Å². The molecule has 0 aliphatic heterocycles. The van der Waals surface area contributed by atoms with Crippen LogP contribution >= 0.6 is 11.8 Å². The van der Waals surface area contributed by atoms with E-state index in [4.69, 9.17) is 4.52 Å². The maximum Gasteiger partial charge on any atom is 0.237 e. The zero-order valence-corrected chi connectivity index (χ0v) is 12.1. The van der Waals surface area contributed by atoms with E-state index in [1.807, 2.05) is 38.1 Å². The Kier molecular flexibility index (Phi) is 3.64. The Morgan fingerprint density at radius 3 is 2.55 bits per heavy atom. The van der Waals surface area contributed by atoms with Crippen LogP contribution in [0.25, 0.3) is 11.0 Å². The molecule has 0 spiro atoms. The molecule has 0 radical (unpaired) electrons. The fourth-order valence-corrected chi connectivity index (χ4v) is 2.63. The zero-order valence-electron chi connectivity index (χ0n) is 11.3. The smallest absolute Gasteiger partial charge is 0.237 e. The van der Waals surface area contributed by atoms with E-state index >= 15 is 0 Å². The van der Waals surface area contributed by atoms with E-state index in [0.29, 0.717) is 11.6 Å². The fourth-order valence-electron chi connectivity index (χ4n) is 1.83. The number of rotatable bonds is 4. The van der Waals surface area contributed by atoms with Gasteiger partial charge in [-0.2, -0.15) is 4.98 Å². The number of fused-ring (bicyclic) bond motifs is 1. The third-order valence-corrected chi connectivity index (χ3v) is 3.91. The predicted molar refractivity (Wildman–Crippen MR) is 77.5 cm³/mol. The van der Waals surface area contributed by atoms with Gasteiger partial charge in [0.25, 0.3) is 0 Å².